The normalized spacial score (nSPS) is 17.3. The Morgan fingerprint density at radius 3 is 2.43 bits per heavy atom. The van der Waals surface area contributed by atoms with Gasteiger partial charge in [-0.3, -0.25) is 14.4 Å². The maximum atomic E-state index is 13.1. The van der Waals surface area contributed by atoms with Crippen LogP contribution >= 0.6 is 0 Å². The van der Waals surface area contributed by atoms with Crippen molar-refractivity contribution in [2.75, 3.05) is 0 Å². The van der Waals surface area contributed by atoms with Gasteiger partial charge in [-0.15, -0.1) is 0 Å². The third kappa shape index (κ3) is 4.47. The molecular weight excluding hydrogens is 356 g/mol. The van der Waals surface area contributed by atoms with Gasteiger partial charge in [0.15, 0.2) is 17.3 Å². The van der Waals surface area contributed by atoms with E-state index in [-0.39, 0.29) is 29.2 Å². The van der Waals surface area contributed by atoms with Crippen molar-refractivity contribution in [3.63, 3.8) is 0 Å². The average Bonchev–Trinajstić information content (AvgIpc) is 3.14. The predicted molar refractivity (Wildman–Crippen MR) is 104 cm³/mol. The van der Waals surface area contributed by atoms with Gasteiger partial charge < -0.3 is 9.15 Å². The third-order valence-corrected chi connectivity index (χ3v) is 4.88. The molecule has 0 bridgehead atoms. The summed E-state index contributed by atoms with van der Waals surface area (Å²) < 4.78 is 10.7. The number of esters is 1. The van der Waals surface area contributed by atoms with Crippen LogP contribution in [0.5, 0.6) is 0 Å². The smallest absolute Gasteiger partial charge is 0.307 e. The molecule has 1 atom stereocenters. The van der Waals surface area contributed by atoms with E-state index in [9.17, 15) is 14.4 Å². The SMILES string of the molecule is CC(=O)OC1=C([C@@H](CC(=O)c2ccco2)c2ccccc2)C(=O)CC(C)(C)C1. The highest BCUT2D eigenvalue weighted by Gasteiger charge is 2.39. The highest BCUT2D eigenvalue weighted by molar-refractivity contribution is 6.01. The van der Waals surface area contributed by atoms with E-state index in [1.807, 2.05) is 44.2 Å². The van der Waals surface area contributed by atoms with Gasteiger partial charge in [0.05, 0.1) is 6.26 Å². The Labute approximate surface area is 164 Å². The molecule has 1 heterocycles. The fourth-order valence-corrected chi connectivity index (χ4v) is 3.73. The summed E-state index contributed by atoms with van der Waals surface area (Å²) in [6.07, 6.45) is 2.31. The van der Waals surface area contributed by atoms with Crippen molar-refractivity contribution >= 4 is 17.5 Å². The predicted octanol–water partition coefficient (Wildman–Crippen LogP) is 4.84. The molecular formula is C23H24O5. The molecule has 0 saturated carbocycles. The second kappa shape index (κ2) is 7.97. The molecule has 28 heavy (non-hydrogen) atoms. The molecule has 1 aromatic heterocycles. The van der Waals surface area contributed by atoms with E-state index < -0.39 is 11.9 Å². The molecule has 5 nitrogen and oxygen atoms in total. The number of ketones is 2. The van der Waals surface area contributed by atoms with Crippen molar-refractivity contribution in [3.8, 4) is 0 Å². The van der Waals surface area contributed by atoms with Crippen molar-refractivity contribution in [2.24, 2.45) is 5.41 Å². The van der Waals surface area contributed by atoms with Crippen molar-refractivity contribution in [1.29, 1.82) is 0 Å². The van der Waals surface area contributed by atoms with Gasteiger partial charge in [0.25, 0.3) is 0 Å². The number of furan rings is 1. The molecule has 0 radical (unpaired) electrons. The van der Waals surface area contributed by atoms with Gasteiger partial charge in [-0.05, 0) is 23.1 Å². The summed E-state index contributed by atoms with van der Waals surface area (Å²) in [6, 6.07) is 12.6. The van der Waals surface area contributed by atoms with E-state index in [2.05, 4.69) is 0 Å². The van der Waals surface area contributed by atoms with Crippen LogP contribution in [-0.4, -0.2) is 17.5 Å². The molecule has 2 aromatic rings. The minimum Gasteiger partial charge on any atom is -0.461 e. The van der Waals surface area contributed by atoms with E-state index in [0.29, 0.717) is 24.2 Å². The topological polar surface area (TPSA) is 73.6 Å². The monoisotopic (exact) mass is 380 g/mol. The van der Waals surface area contributed by atoms with Gasteiger partial charge in [-0.1, -0.05) is 44.2 Å². The van der Waals surface area contributed by atoms with Gasteiger partial charge in [0.2, 0.25) is 0 Å². The molecule has 0 saturated heterocycles. The van der Waals surface area contributed by atoms with Crippen LogP contribution in [0.3, 0.4) is 0 Å². The summed E-state index contributed by atoms with van der Waals surface area (Å²) in [4.78, 5) is 37.6. The minimum atomic E-state index is -0.503. The molecule has 0 spiro atoms. The van der Waals surface area contributed by atoms with Crippen LogP contribution in [0.4, 0.5) is 0 Å². The van der Waals surface area contributed by atoms with Crippen LogP contribution in [0, 0.1) is 5.41 Å². The molecule has 3 rings (SSSR count). The number of allylic oxidation sites excluding steroid dienone is 2. The van der Waals surface area contributed by atoms with Crippen LogP contribution in [0.15, 0.2) is 64.5 Å². The van der Waals surface area contributed by atoms with Crippen molar-refractivity contribution in [2.45, 2.75) is 46.0 Å². The zero-order valence-corrected chi connectivity index (χ0v) is 16.4. The molecule has 146 valence electrons. The van der Waals surface area contributed by atoms with Crippen LogP contribution in [0.1, 0.15) is 62.1 Å². The Kier molecular flexibility index (Phi) is 5.63. The lowest BCUT2D eigenvalue weighted by molar-refractivity contribution is -0.138. The Hall–Kier alpha value is -2.95. The standard InChI is InChI=1S/C23H24O5/c1-15(24)28-21-14-23(2,3)13-19(26)22(21)17(16-8-5-4-6-9-16)12-18(25)20-10-7-11-27-20/h4-11,17H,12-14H2,1-3H3/t17-/m0/s1. The Balaban J connectivity index is 2.08. The Morgan fingerprint density at radius 2 is 1.82 bits per heavy atom. The van der Waals surface area contributed by atoms with Crippen LogP contribution < -0.4 is 0 Å². The molecule has 0 fully saturated rings. The molecule has 0 aliphatic heterocycles. The van der Waals surface area contributed by atoms with Gasteiger partial charge in [-0.2, -0.15) is 0 Å². The third-order valence-electron chi connectivity index (χ3n) is 4.88. The summed E-state index contributed by atoms with van der Waals surface area (Å²) in [7, 11) is 0. The van der Waals surface area contributed by atoms with Crippen molar-refractivity contribution in [3.05, 3.63) is 71.4 Å². The molecule has 0 unspecified atom stereocenters. The number of hydrogen-bond donors (Lipinski definition) is 0. The van der Waals surface area contributed by atoms with Gasteiger partial charge >= 0.3 is 5.97 Å². The largest absolute Gasteiger partial charge is 0.461 e. The summed E-state index contributed by atoms with van der Waals surface area (Å²) in [5, 5.41) is 0. The van der Waals surface area contributed by atoms with E-state index in [4.69, 9.17) is 9.15 Å². The summed E-state index contributed by atoms with van der Waals surface area (Å²) in [6.45, 7) is 5.26. The Bertz CT molecular complexity index is 904. The van der Waals surface area contributed by atoms with E-state index in [1.165, 1.54) is 13.2 Å². The number of carbonyl (C=O) groups is 3. The summed E-state index contributed by atoms with van der Waals surface area (Å²) in [5.41, 5.74) is 0.938. The van der Waals surface area contributed by atoms with Gasteiger partial charge in [-0.25, -0.2) is 0 Å². The lowest BCUT2D eigenvalue weighted by atomic mass is 9.71. The van der Waals surface area contributed by atoms with E-state index >= 15 is 0 Å². The van der Waals surface area contributed by atoms with Crippen molar-refractivity contribution < 1.29 is 23.5 Å². The average molecular weight is 380 g/mol. The molecule has 1 aromatic carbocycles. The lowest BCUT2D eigenvalue weighted by Crippen LogP contribution is -2.30. The van der Waals surface area contributed by atoms with Gasteiger partial charge in [0, 0.05) is 37.7 Å². The summed E-state index contributed by atoms with van der Waals surface area (Å²) in [5.74, 6) is -0.646. The first-order valence-corrected chi connectivity index (χ1v) is 9.33. The second-order valence-corrected chi connectivity index (χ2v) is 7.94. The molecule has 1 aliphatic carbocycles. The first-order chi connectivity index (χ1) is 13.3. The quantitative estimate of drug-likeness (QED) is 0.529. The summed E-state index contributed by atoms with van der Waals surface area (Å²) >= 11 is 0. The number of hydrogen-bond acceptors (Lipinski definition) is 5. The zero-order chi connectivity index (χ0) is 20.3. The maximum Gasteiger partial charge on any atom is 0.307 e. The minimum absolute atomic E-state index is 0.0593. The van der Waals surface area contributed by atoms with Crippen LogP contribution in [0.2, 0.25) is 0 Å². The second-order valence-electron chi connectivity index (χ2n) is 7.94. The zero-order valence-electron chi connectivity index (χ0n) is 16.4. The molecule has 5 heteroatoms. The van der Waals surface area contributed by atoms with Gasteiger partial charge in [0.1, 0.15) is 5.76 Å². The van der Waals surface area contributed by atoms with Crippen molar-refractivity contribution in [1.82, 2.24) is 0 Å². The number of Topliss-reactive ketones (excluding diaryl/α,β-unsaturated/α-hetero) is 2. The first kappa shape index (κ1) is 19.8. The fourth-order valence-electron chi connectivity index (χ4n) is 3.73. The number of carbonyl (C=O) groups excluding carboxylic acids is 3. The number of rotatable bonds is 6. The van der Waals surface area contributed by atoms with Crippen LogP contribution in [-0.2, 0) is 14.3 Å². The highest BCUT2D eigenvalue weighted by atomic mass is 16.5. The molecule has 0 amide bonds. The maximum absolute atomic E-state index is 13.1. The fraction of sp³-hybridized carbons (Fsp3) is 0.348. The number of benzene rings is 1. The van der Waals surface area contributed by atoms with E-state index in [0.717, 1.165) is 5.56 Å². The molecule has 0 N–H and O–H groups in total. The Morgan fingerprint density at radius 1 is 1.11 bits per heavy atom. The first-order valence-electron chi connectivity index (χ1n) is 9.33. The lowest BCUT2D eigenvalue weighted by Gasteiger charge is -2.34. The molecule has 1 aliphatic rings. The highest BCUT2D eigenvalue weighted by Crippen LogP contribution is 2.43. The van der Waals surface area contributed by atoms with Crippen LogP contribution in [0.25, 0.3) is 0 Å². The van der Waals surface area contributed by atoms with E-state index in [1.54, 1.807) is 12.1 Å². The number of ether oxygens (including phenoxy) is 1.